The number of amides is 1. The van der Waals surface area contributed by atoms with Crippen LogP contribution in [0.3, 0.4) is 0 Å². The highest BCUT2D eigenvalue weighted by atomic mass is 16.5. The minimum atomic E-state index is -0.116. The standard InChI is InChI=1S/C24H34N4O2/c1-2-3-4-5-6-7-10-16-30-20-28-19-27(22-13-8-9-14-23(22)28)18-26-24(29)21-12-11-15-25-17-21/h8-9,11-15,17H,2-7,10,16,18-20H2,1H3,(H,26,29). The molecule has 6 nitrogen and oxygen atoms in total. The van der Waals surface area contributed by atoms with Gasteiger partial charge in [-0.15, -0.1) is 0 Å². The fraction of sp³-hybridized carbons (Fsp3) is 0.500. The van der Waals surface area contributed by atoms with Gasteiger partial charge >= 0.3 is 0 Å². The minimum Gasteiger partial charge on any atom is -0.361 e. The molecule has 1 aromatic heterocycles. The van der Waals surface area contributed by atoms with E-state index in [9.17, 15) is 4.79 Å². The van der Waals surface area contributed by atoms with Crippen LogP contribution in [0.4, 0.5) is 11.4 Å². The smallest absolute Gasteiger partial charge is 0.254 e. The third kappa shape index (κ3) is 6.46. The van der Waals surface area contributed by atoms with Crippen molar-refractivity contribution in [1.82, 2.24) is 10.3 Å². The molecule has 0 bridgehead atoms. The summed E-state index contributed by atoms with van der Waals surface area (Å²) >= 11 is 0. The van der Waals surface area contributed by atoms with E-state index in [-0.39, 0.29) is 5.91 Å². The summed E-state index contributed by atoms with van der Waals surface area (Å²) in [5, 5.41) is 2.99. The van der Waals surface area contributed by atoms with Crippen LogP contribution in [0.1, 0.15) is 62.2 Å². The van der Waals surface area contributed by atoms with Crippen molar-refractivity contribution in [1.29, 1.82) is 0 Å². The maximum absolute atomic E-state index is 12.3. The molecule has 162 valence electrons. The van der Waals surface area contributed by atoms with E-state index in [0.29, 0.717) is 25.6 Å². The summed E-state index contributed by atoms with van der Waals surface area (Å²) in [5.41, 5.74) is 2.83. The zero-order valence-corrected chi connectivity index (χ0v) is 18.1. The zero-order valence-electron chi connectivity index (χ0n) is 18.1. The molecule has 0 radical (unpaired) electrons. The maximum Gasteiger partial charge on any atom is 0.254 e. The lowest BCUT2D eigenvalue weighted by molar-refractivity contribution is 0.0953. The van der Waals surface area contributed by atoms with Gasteiger partial charge in [0.15, 0.2) is 0 Å². The van der Waals surface area contributed by atoms with Crippen molar-refractivity contribution < 1.29 is 9.53 Å². The van der Waals surface area contributed by atoms with Crippen LogP contribution in [0.5, 0.6) is 0 Å². The number of nitrogens with zero attached hydrogens (tertiary/aromatic N) is 3. The molecule has 0 saturated heterocycles. The van der Waals surface area contributed by atoms with Crippen LogP contribution < -0.4 is 15.1 Å². The Morgan fingerprint density at radius 3 is 2.47 bits per heavy atom. The van der Waals surface area contributed by atoms with Crippen LogP contribution in [-0.2, 0) is 4.74 Å². The van der Waals surface area contributed by atoms with Crippen LogP contribution in [0.2, 0.25) is 0 Å². The highest BCUT2D eigenvalue weighted by molar-refractivity contribution is 5.94. The van der Waals surface area contributed by atoms with E-state index < -0.39 is 0 Å². The van der Waals surface area contributed by atoms with Gasteiger partial charge < -0.3 is 19.9 Å². The molecule has 0 aliphatic carbocycles. The second-order valence-corrected chi connectivity index (χ2v) is 7.77. The number of carbonyl (C=O) groups excluding carboxylic acids is 1. The molecule has 6 heteroatoms. The number of aromatic nitrogens is 1. The van der Waals surface area contributed by atoms with Crippen molar-refractivity contribution in [2.24, 2.45) is 0 Å². The van der Waals surface area contributed by atoms with Gasteiger partial charge in [0.1, 0.15) is 6.73 Å². The number of carbonyl (C=O) groups is 1. The summed E-state index contributed by atoms with van der Waals surface area (Å²) in [5.74, 6) is -0.116. The van der Waals surface area contributed by atoms with E-state index in [1.807, 2.05) is 12.1 Å². The van der Waals surface area contributed by atoms with E-state index in [4.69, 9.17) is 4.74 Å². The maximum atomic E-state index is 12.3. The second kappa shape index (κ2) is 12.2. The van der Waals surface area contributed by atoms with Crippen molar-refractivity contribution >= 4 is 17.3 Å². The highest BCUT2D eigenvalue weighted by Gasteiger charge is 2.25. The van der Waals surface area contributed by atoms with Gasteiger partial charge in [0.2, 0.25) is 0 Å². The van der Waals surface area contributed by atoms with Gasteiger partial charge in [0, 0.05) is 19.0 Å². The monoisotopic (exact) mass is 410 g/mol. The first-order valence-corrected chi connectivity index (χ1v) is 11.1. The molecule has 2 heterocycles. The minimum absolute atomic E-state index is 0.116. The number of para-hydroxylation sites is 2. The fourth-order valence-corrected chi connectivity index (χ4v) is 3.71. The van der Waals surface area contributed by atoms with E-state index in [1.165, 1.54) is 38.5 Å². The Morgan fingerprint density at radius 2 is 1.73 bits per heavy atom. The van der Waals surface area contributed by atoms with E-state index in [1.54, 1.807) is 24.5 Å². The molecule has 0 saturated carbocycles. The molecule has 3 rings (SSSR count). The highest BCUT2D eigenvalue weighted by Crippen LogP contribution is 2.34. The van der Waals surface area contributed by atoms with Crippen molar-refractivity contribution in [3.63, 3.8) is 0 Å². The first-order chi connectivity index (χ1) is 14.8. The SMILES string of the molecule is CCCCCCCCCOCN1CN(CNC(=O)c2cccnc2)c2ccccc21. The Balaban J connectivity index is 1.41. The Labute approximate surface area is 180 Å². The van der Waals surface area contributed by atoms with Crippen LogP contribution in [-0.4, -0.2) is 37.6 Å². The van der Waals surface area contributed by atoms with Crippen LogP contribution in [0, 0.1) is 0 Å². The van der Waals surface area contributed by atoms with Gasteiger partial charge in [-0.2, -0.15) is 0 Å². The van der Waals surface area contributed by atoms with Crippen molar-refractivity contribution in [3.05, 3.63) is 54.4 Å². The van der Waals surface area contributed by atoms with Crippen LogP contribution in [0.25, 0.3) is 0 Å². The summed E-state index contributed by atoms with van der Waals surface area (Å²) in [6, 6.07) is 11.8. The molecule has 1 aliphatic rings. The molecule has 0 atom stereocenters. The number of benzene rings is 1. The normalized spacial score (nSPS) is 12.8. The summed E-state index contributed by atoms with van der Waals surface area (Å²) in [6.45, 7) is 4.76. The molecular weight excluding hydrogens is 376 g/mol. The largest absolute Gasteiger partial charge is 0.361 e. The van der Waals surface area contributed by atoms with Crippen LogP contribution in [0.15, 0.2) is 48.8 Å². The molecule has 1 aromatic carbocycles. The average Bonchev–Trinajstić information content (AvgIpc) is 3.14. The average molecular weight is 411 g/mol. The van der Waals surface area contributed by atoms with Crippen molar-refractivity contribution in [3.8, 4) is 0 Å². The Bertz CT molecular complexity index is 769. The van der Waals surface area contributed by atoms with E-state index in [0.717, 1.165) is 24.4 Å². The molecule has 0 spiro atoms. The van der Waals surface area contributed by atoms with Gasteiger partial charge in [-0.3, -0.25) is 9.78 Å². The van der Waals surface area contributed by atoms with Crippen molar-refractivity contribution in [2.45, 2.75) is 51.9 Å². The van der Waals surface area contributed by atoms with E-state index >= 15 is 0 Å². The molecule has 1 amide bonds. The molecule has 2 aromatic rings. The quantitative estimate of drug-likeness (QED) is 0.482. The number of fused-ring (bicyclic) bond motifs is 1. The van der Waals surface area contributed by atoms with Gasteiger partial charge in [-0.05, 0) is 30.7 Å². The lowest BCUT2D eigenvalue weighted by Crippen LogP contribution is -2.40. The molecule has 30 heavy (non-hydrogen) atoms. The predicted molar refractivity (Wildman–Crippen MR) is 122 cm³/mol. The number of ether oxygens (including phenoxy) is 1. The molecular formula is C24H34N4O2. The molecule has 1 aliphatic heterocycles. The summed E-state index contributed by atoms with van der Waals surface area (Å²) < 4.78 is 5.95. The second-order valence-electron chi connectivity index (χ2n) is 7.77. The third-order valence-corrected chi connectivity index (χ3v) is 5.40. The Hall–Kier alpha value is -2.60. The zero-order chi connectivity index (χ0) is 21.0. The van der Waals surface area contributed by atoms with Gasteiger partial charge in [-0.25, -0.2) is 0 Å². The van der Waals surface area contributed by atoms with Gasteiger partial charge in [0.05, 0.1) is 30.3 Å². The molecule has 0 unspecified atom stereocenters. The number of unbranched alkanes of at least 4 members (excludes halogenated alkanes) is 6. The Kier molecular flexibility index (Phi) is 8.97. The third-order valence-electron chi connectivity index (χ3n) is 5.40. The summed E-state index contributed by atoms with van der Waals surface area (Å²) in [6.07, 6.45) is 12.3. The first-order valence-electron chi connectivity index (χ1n) is 11.1. The topological polar surface area (TPSA) is 57.7 Å². The van der Waals surface area contributed by atoms with Gasteiger partial charge in [-0.1, -0.05) is 57.6 Å². The molecule has 1 N–H and O–H groups in total. The number of anilines is 2. The first kappa shape index (κ1) is 22.1. The van der Waals surface area contributed by atoms with Crippen molar-refractivity contribution in [2.75, 3.05) is 36.5 Å². The lowest BCUT2D eigenvalue weighted by Gasteiger charge is -2.22. The molecule has 0 fully saturated rings. The predicted octanol–water partition coefficient (Wildman–Crippen LogP) is 4.78. The van der Waals surface area contributed by atoms with Crippen LogP contribution >= 0.6 is 0 Å². The fourth-order valence-electron chi connectivity index (χ4n) is 3.71. The summed E-state index contributed by atoms with van der Waals surface area (Å²) in [7, 11) is 0. The number of rotatable bonds is 13. The summed E-state index contributed by atoms with van der Waals surface area (Å²) in [4.78, 5) is 20.7. The Morgan fingerprint density at radius 1 is 1.00 bits per heavy atom. The number of nitrogens with one attached hydrogen (secondary N) is 1. The van der Waals surface area contributed by atoms with E-state index in [2.05, 4.69) is 39.2 Å². The lowest BCUT2D eigenvalue weighted by atomic mass is 10.1. The number of hydrogen-bond donors (Lipinski definition) is 1. The number of hydrogen-bond acceptors (Lipinski definition) is 5. The van der Waals surface area contributed by atoms with Gasteiger partial charge in [0.25, 0.3) is 5.91 Å². The number of pyridine rings is 1.